The van der Waals surface area contributed by atoms with Crippen molar-refractivity contribution in [3.8, 4) is 0 Å². The van der Waals surface area contributed by atoms with Gasteiger partial charge in [-0.3, -0.25) is 10.2 Å². The van der Waals surface area contributed by atoms with E-state index in [1.165, 1.54) is 28.3 Å². The van der Waals surface area contributed by atoms with Crippen molar-refractivity contribution in [2.24, 2.45) is 5.84 Å². The molecular formula is C9H9N5O3S. The Kier molecular flexibility index (Phi) is 3.35. The van der Waals surface area contributed by atoms with Gasteiger partial charge in [0.25, 0.3) is 5.91 Å². The molecular weight excluding hydrogens is 258 g/mol. The molecule has 3 N–H and O–H groups in total. The van der Waals surface area contributed by atoms with E-state index in [4.69, 9.17) is 5.84 Å². The van der Waals surface area contributed by atoms with Crippen LogP contribution in [0.3, 0.4) is 0 Å². The molecule has 1 amide bonds. The van der Waals surface area contributed by atoms with Crippen LogP contribution in [0.2, 0.25) is 0 Å². The van der Waals surface area contributed by atoms with Crippen LogP contribution >= 0.6 is 11.3 Å². The molecule has 0 aromatic carbocycles. The number of nitro groups is 1. The number of nitrogen functional groups attached to an aromatic ring is 1. The normalized spacial score (nSPS) is 10.3. The van der Waals surface area contributed by atoms with Gasteiger partial charge in [-0.25, -0.2) is 5.84 Å². The van der Waals surface area contributed by atoms with E-state index in [1.54, 1.807) is 12.1 Å². The summed E-state index contributed by atoms with van der Waals surface area (Å²) in [5.41, 5.74) is 2.04. The first-order valence-electron chi connectivity index (χ1n) is 4.87. The maximum absolute atomic E-state index is 11.2. The number of thiophene rings is 1. The fourth-order valence-corrected chi connectivity index (χ4v) is 2.26. The minimum Gasteiger partial charge on any atom is -0.358 e. The molecule has 2 aromatic heterocycles. The second-order valence-electron chi connectivity index (χ2n) is 3.37. The molecule has 0 atom stereocenters. The summed E-state index contributed by atoms with van der Waals surface area (Å²) in [7, 11) is 0. The maximum atomic E-state index is 11.2. The van der Waals surface area contributed by atoms with Crippen molar-refractivity contribution in [2.45, 2.75) is 6.54 Å². The Morgan fingerprint density at radius 2 is 2.33 bits per heavy atom. The van der Waals surface area contributed by atoms with E-state index >= 15 is 0 Å². The summed E-state index contributed by atoms with van der Waals surface area (Å²) in [6.07, 6.45) is 1.51. The largest absolute Gasteiger partial charge is 0.389 e. The van der Waals surface area contributed by atoms with Crippen LogP contribution in [0.25, 0.3) is 0 Å². The summed E-state index contributed by atoms with van der Waals surface area (Å²) in [5, 5.41) is 14.2. The van der Waals surface area contributed by atoms with Crippen molar-refractivity contribution in [3.63, 3.8) is 0 Å². The smallest absolute Gasteiger partial charge is 0.358 e. The second kappa shape index (κ2) is 4.94. The lowest BCUT2D eigenvalue weighted by Crippen LogP contribution is -2.29. The summed E-state index contributed by atoms with van der Waals surface area (Å²) >= 11 is 1.26. The van der Waals surface area contributed by atoms with Gasteiger partial charge in [0, 0.05) is 4.88 Å². The van der Waals surface area contributed by atoms with E-state index in [2.05, 4.69) is 5.10 Å². The number of aromatic nitrogens is 2. The van der Waals surface area contributed by atoms with Gasteiger partial charge >= 0.3 is 5.82 Å². The van der Waals surface area contributed by atoms with Crippen LogP contribution in [0.4, 0.5) is 5.82 Å². The average Bonchev–Trinajstić information content (AvgIpc) is 2.98. The zero-order chi connectivity index (χ0) is 13.1. The lowest BCUT2D eigenvalue weighted by atomic mass is 10.4. The van der Waals surface area contributed by atoms with Crippen molar-refractivity contribution in [1.29, 1.82) is 0 Å². The highest BCUT2D eigenvalue weighted by molar-refractivity contribution is 7.14. The molecule has 2 heterocycles. The predicted molar refractivity (Wildman–Crippen MR) is 64.0 cm³/mol. The van der Waals surface area contributed by atoms with Gasteiger partial charge in [-0.2, -0.15) is 4.68 Å². The molecule has 0 saturated heterocycles. The third-order valence-electron chi connectivity index (χ3n) is 2.15. The molecule has 0 saturated carbocycles. The number of nitrogens with one attached hydrogen (secondary N) is 1. The topological polar surface area (TPSA) is 116 Å². The molecule has 0 bridgehead atoms. The third-order valence-corrected chi connectivity index (χ3v) is 3.22. The molecule has 0 aliphatic heterocycles. The SMILES string of the molecule is NNC(=O)c1ccc(Cn2ccc([N+](=O)[O-])n2)s1. The number of rotatable bonds is 4. The molecule has 94 valence electrons. The van der Waals surface area contributed by atoms with E-state index in [0.717, 1.165) is 4.88 Å². The number of hydrazine groups is 1. The van der Waals surface area contributed by atoms with Crippen LogP contribution in [-0.4, -0.2) is 20.6 Å². The summed E-state index contributed by atoms with van der Waals surface area (Å²) < 4.78 is 1.44. The molecule has 2 aromatic rings. The van der Waals surface area contributed by atoms with Crippen molar-refractivity contribution < 1.29 is 9.72 Å². The quantitative estimate of drug-likeness (QED) is 0.362. The van der Waals surface area contributed by atoms with E-state index in [1.807, 2.05) is 5.43 Å². The maximum Gasteiger partial charge on any atom is 0.389 e. The Morgan fingerprint density at radius 3 is 2.94 bits per heavy atom. The van der Waals surface area contributed by atoms with Gasteiger partial charge in [0.05, 0.1) is 28.8 Å². The molecule has 0 radical (unpaired) electrons. The first kappa shape index (κ1) is 12.2. The summed E-state index contributed by atoms with van der Waals surface area (Å²) in [6.45, 7) is 0.371. The van der Waals surface area contributed by atoms with E-state index in [9.17, 15) is 14.9 Å². The van der Waals surface area contributed by atoms with Crippen molar-refractivity contribution in [1.82, 2.24) is 15.2 Å². The van der Waals surface area contributed by atoms with Crippen LogP contribution in [-0.2, 0) is 6.54 Å². The highest BCUT2D eigenvalue weighted by Crippen LogP contribution is 2.18. The number of hydrogen-bond acceptors (Lipinski definition) is 6. The van der Waals surface area contributed by atoms with Crippen LogP contribution < -0.4 is 11.3 Å². The zero-order valence-corrected chi connectivity index (χ0v) is 9.88. The first-order chi connectivity index (χ1) is 8.60. The lowest BCUT2D eigenvalue weighted by molar-refractivity contribution is -0.389. The van der Waals surface area contributed by atoms with Crippen molar-refractivity contribution in [3.05, 3.63) is 44.3 Å². The Labute approximate surface area is 105 Å². The van der Waals surface area contributed by atoms with Crippen LogP contribution in [0.5, 0.6) is 0 Å². The van der Waals surface area contributed by atoms with Gasteiger partial charge in [0.2, 0.25) is 0 Å². The highest BCUT2D eigenvalue weighted by atomic mass is 32.1. The Morgan fingerprint density at radius 1 is 1.56 bits per heavy atom. The minimum atomic E-state index is -0.557. The number of carbonyl (C=O) groups excluding carboxylic acids is 1. The van der Waals surface area contributed by atoms with Crippen LogP contribution in [0, 0.1) is 10.1 Å². The Hall–Kier alpha value is -2.26. The number of hydrogen-bond donors (Lipinski definition) is 2. The second-order valence-corrected chi connectivity index (χ2v) is 4.54. The molecule has 0 spiro atoms. The highest BCUT2D eigenvalue weighted by Gasteiger charge is 2.13. The lowest BCUT2D eigenvalue weighted by Gasteiger charge is -1.94. The van der Waals surface area contributed by atoms with Gasteiger partial charge in [-0.15, -0.1) is 11.3 Å². The van der Waals surface area contributed by atoms with Gasteiger partial charge in [-0.05, 0) is 17.1 Å². The van der Waals surface area contributed by atoms with Gasteiger partial charge in [0.15, 0.2) is 0 Å². The number of nitrogens with two attached hydrogens (primary N) is 1. The molecule has 9 heteroatoms. The van der Waals surface area contributed by atoms with E-state index < -0.39 is 4.92 Å². The van der Waals surface area contributed by atoms with E-state index in [-0.39, 0.29) is 11.7 Å². The molecule has 2 rings (SSSR count). The van der Waals surface area contributed by atoms with Gasteiger partial charge < -0.3 is 10.1 Å². The molecule has 0 fully saturated rings. The van der Waals surface area contributed by atoms with Crippen molar-refractivity contribution >= 4 is 23.1 Å². The Bertz CT molecular complexity index is 591. The summed E-state index contributed by atoms with van der Waals surface area (Å²) in [6, 6.07) is 4.71. The molecule has 18 heavy (non-hydrogen) atoms. The van der Waals surface area contributed by atoms with Gasteiger partial charge in [-0.1, -0.05) is 0 Å². The third kappa shape index (κ3) is 2.52. The van der Waals surface area contributed by atoms with E-state index in [0.29, 0.717) is 11.4 Å². The minimum absolute atomic E-state index is 0.202. The standard InChI is InChI=1S/C9H9N5O3S/c10-11-9(15)7-2-1-6(18-7)5-13-4-3-8(12-13)14(16)17/h1-4H,5,10H2,(H,11,15). The predicted octanol–water partition coefficient (Wildman–Crippen LogP) is 0.505. The summed E-state index contributed by atoms with van der Waals surface area (Å²) in [4.78, 5) is 22.5. The van der Waals surface area contributed by atoms with Crippen LogP contribution in [0.1, 0.15) is 14.5 Å². The number of amides is 1. The fourth-order valence-electron chi connectivity index (χ4n) is 1.35. The monoisotopic (exact) mass is 267 g/mol. The number of carbonyl (C=O) groups is 1. The summed E-state index contributed by atoms with van der Waals surface area (Å²) in [5.74, 6) is 4.45. The Balaban J connectivity index is 2.11. The van der Waals surface area contributed by atoms with Crippen LogP contribution in [0.15, 0.2) is 24.4 Å². The molecule has 0 unspecified atom stereocenters. The molecule has 0 aliphatic carbocycles. The average molecular weight is 267 g/mol. The molecule has 0 aliphatic rings. The molecule has 8 nitrogen and oxygen atoms in total. The fraction of sp³-hybridized carbons (Fsp3) is 0.111. The number of nitrogens with zero attached hydrogens (tertiary/aromatic N) is 3. The van der Waals surface area contributed by atoms with Gasteiger partial charge in [0.1, 0.15) is 0 Å². The zero-order valence-electron chi connectivity index (χ0n) is 9.07. The van der Waals surface area contributed by atoms with Crippen molar-refractivity contribution in [2.75, 3.05) is 0 Å². The first-order valence-corrected chi connectivity index (χ1v) is 5.69.